The van der Waals surface area contributed by atoms with Crippen LogP contribution in [0.2, 0.25) is 0 Å². The predicted molar refractivity (Wildman–Crippen MR) is 62.3 cm³/mol. The van der Waals surface area contributed by atoms with E-state index in [0.717, 1.165) is 4.90 Å². The highest BCUT2D eigenvalue weighted by Gasteiger charge is 2.38. The molecule has 0 aliphatic rings. The van der Waals surface area contributed by atoms with Crippen LogP contribution in [0.3, 0.4) is 0 Å². The normalized spacial score (nSPS) is 11.2. The smallest absolute Gasteiger partial charge is 0.318 e. The average molecular weight is 244 g/mol. The number of rotatable bonds is 5. The third-order valence-corrected chi connectivity index (χ3v) is 2.25. The minimum Gasteiger partial charge on any atom is -0.480 e. The van der Waals surface area contributed by atoms with Gasteiger partial charge in [-0.15, -0.1) is 0 Å². The Bertz CT molecular complexity index is 323. The van der Waals surface area contributed by atoms with Gasteiger partial charge in [0.15, 0.2) is 0 Å². The Balaban J connectivity index is 4.52. The van der Waals surface area contributed by atoms with Crippen molar-refractivity contribution < 1.29 is 19.5 Å². The Morgan fingerprint density at radius 3 is 2.12 bits per heavy atom. The molecule has 6 heteroatoms. The quantitative estimate of drug-likeness (QED) is 0.670. The van der Waals surface area contributed by atoms with Gasteiger partial charge in [0.05, 0.1) is 6.54 Å². The largest absolute Gasteiger partial charge is 0.480 e. The summed E-state index contributed by atoms with van der Waals surface area (Å²) in [6.07, 6.45) is 0. The lowest BCUT2D eigenvalue weighted by Gasteiger charge is -2.25. The molecule has 0 rings (SSSR count). The second-order valence-corrected chi connectivity index (χ2v) is 4.81. The van der Waals surface area contributed by atoms with Crippen LogP contribution in [0.15, 0.2) is 0 Å². The predicted octanol–water partition coefficient (Wildman–Crippen LogP) is 0.0802. The molecule has 0 aromatic rings. The number of aliphatic carboxylic acids is 1. The van der Waals surface area contributed by atoms with Crippen molar-refractivity contribution in [2.45, 2.75) is 33.7 Å². The fraction of sp³-hybridized carbons (Fsp3) is 0.727. The van der Waals surface area contributed by atoms with Gasteiger partial charge in [-0.3, -0.25) is 14.4 Å². The molecule has 0 unspecified atom stereocenters. The van der Waals surface area contributed by atoms with E-state index in [2.05, 4.69) is 5.32 Å². The summed E-state index contributed by atoms with van der Waals surface area (Å²) < 4.78 is 0. The van der Waals surface area contributed by atoms with Gasteiger partial charge in [0.1, 0.15) is 5.41 Å². The summed E-state index contributed by atoms with van der Waals surface area (Å²) in [5.41, 5.74) is -1.52. The zero-order valence-corrected chi connectivity index (χ0v) is 10.9. The van der Waals surface area contributed by atoms with Crippen molar-refractivity contribution in [3.05, 3.63) is 0 Å². The van der Waals surface area contributed by atoms with Gasteiger partial charge in [-0.25, -0.2) is 0 Å². The molecule has 0 radical (unpaired) electrons. The minimum absolute atomic E-state index is 0.0153. The van der Waals surface area contributed by atoms with E-state index in [1.165, 1.54) is 20.9 Å². The van der Waals surface area contributed by atoms with Crippen molar-refractivity contribution >= 4 is 17.8 Å². The first-order valence-electron chi connectivity index (χ1n) is 5.37. The van der Waals surface area contributed by atoms with Crippen LogP contribution < -0.4 is 5.32 Å². The van der Waals surface area contributed by atoms with E-state index in [-0.39, 0.29) is 18.5 Å². The number of hydrogen-bond acceptors (Lipinski definition) is 3. The molecule has 0 saturated carbocycles. The van der Waals surface area contributed by atoms with Crippen molar-refractivity contribution in [3.8, 4) is 0 Å². The topological polar surface area (TPSA) is 86.7 Å². The SMILES string of the molecule is CC(C)NC(=O)CN(C)C(=O)C(C)(C)C(=O)O. The number of nitrogens with one attached hydrogen (secondary N) is 1. The van der Waals surface area contributed by atoms with Gasteiger partial charge >= 0.3 is 5.97 Å². The molecule has 17 heavy (non-hydrogen) atoms. The Kier molecular flexibility index (Phi) is 5.12. The van der Waals surface area contributed by atoms with Crippen LogP contribution in [-0.4, -0.2) is 47.4 Å². The molecular weight excluding hydrogens is 224 g/mol. The first kappa shape index (κ1) is 15.4. The van der Waals surface area contributed by atoms with Crippen LogP contribution in [0.1, 0.15) is 27.7 Å². The Morgan fingerprint density at radius 1 is 1.29 bits per heavy atom. The van der Waals surface area contributed by atoms with Crippen molar-refractivity contribution in [1.29, 1.82) is 0 Å². The zero-order chi connectivity index (χ0) is 13.8. The molecule has 2 amide bonds. The molecule has 0 aliphatic carbocycles. The Labute approximate surface area is 101 Å². The standard InChI is InChI=1S/C11H20N2O4/c1-7(2)12-8(14)6-13(5)9(15)11(3,4)10(16)17/h7H,6H2,1-5H3,(H,12,14)(H,16,17). The average Bonchev–Trinajstić information content (AvgIpc) is 2.14. The third-order valence-electron chi connectivity index (χ3n) is 2.25. The maximum Gasteiger partial charge on any atom is 0.318 e. The second-order valence-electron chi connectivity index (χ2n) is 4.81. The third kappa shape index (κ3) is 4.42. The van der Waals surface area contributed by atoms with E-state index in [1.54, 1.807) is 13.8 Å². The van der Waals surface area contributed by atoms with Gasteiger partial charge in [-0.1, -0.05) is 0 Å². The summed E-state index contributed by atoms with van der Waals surface area (Å²) in [6, 6.07) is -0.0153. The fourth-order valence-corrected chi connectivity index (χ4v) is 1.22. The van der Waals surface area contributed by atoms with E-state index in [1.807, 2.05) is 0 Å². The van der Waals surface area contributed by atoms with Crippen LogP contribution >= 0.6 is 0 Å². The number of carboxylic acid groups (broad SMARTS) is 1. The van der Waals surface area contributed by atoms with Crippen LogP contribution in [0.4, 0.5) is 0 Å². The summed E-state index contributed by atoms with van der Waals surface area (Å²) >= 11 is 0. The van der Waals surface area contributed by atoms with E-state index < -0.39 is 17.3 Å². The summed E-state index contributed by atoms with van der Waals surface area (Å²) in [6.45, 7) is 6.10. The summed E-state index contributed by atoms with van der Waals surface area (Å²) in [5.74, 6) is -2.11. The molecule has 98 valence electrons. The molecule has 0 aromatic heterocycles. The molecule has 0 atom stereocenters. The lowest BCUT2D eigenvalue weighted by molar-refractivity contribution is -0.158. The number of nitrogens with zero attached hydrogens (tertiary/aromatic N) is 1. The first-order chi connectivity index (χ1) is 7.59. The Hall–Kier alpha value is -1.59. The van der Waals surface area contributed by atoms with Crippen molar-refractivity contribution in [3.63, 3.8) is 0 Å². The molecule has 0 aliphatic heterocycles. The van der Waals surface area contributed by atoms with E-state index in [9.17, 15) is 14.4 Å². The van der Waals surface area contributed by atoms with Crippen LogP contribution in [0.5, 0.6) is 0 Å². The van der Waals surface area contributed by atoms with Crippen molar-refractivity contribution in [2.75, 3.05) is 13.6 Å². The number of amides is 2. The second kappa shape index (κ2) is 5.65. The molecule has 0 fully saturated rings. The summed E-state index contributed by atoms with van der Waals surface area (Å²) in [4.78, 5) is 35.2. The van der Waals surface area contributed by atoms with Crippen molar-refractivity contribution in [1.82, 2.24) is 10.2 Å². The van der Waals surface area contributed by atoms with Gasteiger partial charge in [0.25, 0.3) is 0 Å². The van der Waals surface area contributed by atoms with Gasteiger partial charge in [0, 0.05) is 13.1 Å². The minimum atomic E-state index is -1.52. The van der Waals surface area contributed by atoms with Crippen LogP contribution in [-0.2, 0) is 14.4 Å². The molecule has 0 heterocycles. The number of carboxylic acids is 1. The molecule has 6 nitrogen and oxygen atoms in total. The molecule has 0 aromatic carbocycles. The Morgan fingerprint density at radius 2 is 1.76 bits per heavy atom. The number of likely N-dealkylation sites (N-methyl/N-ethyl adjacent to an activating group) is 1. The number of carbonyl (C=O) groups excluding carboxylic acids is 2. The highest BCUT2D eigenvalue weighted by atomic mass is 16.4. The van der Waals surface area contributed by atoms with Crippen molar-refractivity contribution in [2.24, 2.45) is 5.41 Å². The summed E-state index contributed by atoms with van der Waals surface area (Å²) in [5, 5.41) is 11.5. The fourth-order valence-electron chi connectivity index (χ4n) is 1.22. The number of carbonyl (C=O) groups is 3. The molecule has 2 N–H and O–H groups in total. The van der Waals surface area contributed by atoms with E-state index in [4.69, 9.17) is 5.11 Å². The zero-order valence-electron chi connectivity index (χ0n) is 10.9. The monoisotopic (exact) mass is 244 g/mol. The molecule has 0 spiro atoms. The van der Waals surface area contributed by atoms with Crippen LogP contribution in [0.25, 0.3) is 0 Å². The summed E-state index contributed by atoms with van der Waals surface area (Å²) in [7, 11) is 1.41. The first-order valence-corrected chi connectivity index (χ1v) is 5.37. The van der Waals surface area contributed by atoms with Gasteiger partial charge < -0.3 is 15.3 Å². The molecule has 0 saturated heterocycles. The van der Waals surface area contributed by atoms with Gasteiger partial charge in [-0.2, -0.15) is 0 Å². The van der Waals surface area contributed by atoms with Gasteiger partial charge in [0.2, 0.25) is 11.8 Å². The highest BCUT2D eigenvalue weighted by molar-refractivity contribution is 6.01. The maximum absolute atomic E-state index is 11.8. The maximum atomic E-state index is 11.8. The van der Waals surface area contributed by atoms with Crippen LogP contribution in [0, 0.1) is 5.41 Å². The molecule has 0 bridgehead atoms. The lowest BCUT2D eigenvalue weighted by Crippen LogP contribution is -2.47. The lowest BCUT2D eigenvalue weighted by atomic mass is 9.92. The van der Waals surface area contributed by atoms with E-state index >= 15 is 0 Å². The molecular formula is C11H20N2O4. The number of hydrogen-bond donors (Lipinski definition) is 2. The highest BCUT2D eigenvalue weighted by Crippen LogP contribution is 2.18. The van der Waals surface area contributed by atoms with E-state index in [0.29, 0.717) is 0 Å². The van der Waals surface area contributed by atoms with Gasteiger partial charge in [-0.05, 0) is 27.7 Å².